The van der Waals surface area contributed by atoms with Gasteiger partial charge in [0.25, 0.3) is 5.56 Å². The van der Waals surface area contributed by atoms with Gasteiger partial charge < -0.3 is 16.0 Å². The van der Waals surface area contributed by atoms with Gasteiger partial charge in [0.1, 0.15) is 0 Å². The Labute approximate surface area is 131 Å². The number of urea groups is 1. The summed E-state index contributed by atoms with van der Waals surface area (Å²) in [6, 6.07) is -0.701. The van der Waals surface area contributed by atoms with E-state index in [2.05, 4.69) is 10.3 Å². The van der Waals surface area contributed by atoms with E-state index in [1.54, 1.807) is 17.7 Å². The van der Waals surface area contributed by atoms with E-state index < -0.39 is 6.03 Å². The molecule has 1 fully saturated rings. The van der Waals surface area contributed by atoms with Crippen molar-refractivity contribution in [2.24, 2.45) is 5.73 Å². The van der Waals surface area contributed by atoms with Crippen LogP contribution < -0.4 is 16.6 Å². The van der Waals surface area contributed by atoms with Crippen LogP contribution in [-0.4, -0.2) is 51.3 Å². The number of hydrogen-bond acceptors (Lipinski definition) is 5. The number of aryl methyl sites for hydroxylation is 1. The van der Waals surface area contributed by atoms with Crippen LogP contribution in [0, 0.1) is 6.92 Å². The van der Waals surface area contributed by atoms with Crippen LogP contribution >= 0.6 is 11.8 Å². The third-order valence-electron chi connectivity index (χ3n) is 3.88. The predicted octanol–water partition coefficient (Wildman–Crippen LogP) is -0.532. The van der Waals surface area contributed by atoms with Crippen molar-refractivity contribution >= 4 is 23.7 Å². The number of rotatable bonds is 3. The molecule has 0 radical (unpaired) electrons. The molecule has 8 nitrogen and oxygen atoms in total. The molecule has 0 aromatic carbocycles. The highest BCUT2D eigenvalue weighted by molar-refractivity contribution is 7.99. The first-order valence-corrected chi connectivity index (χ1v) is 7.99. The minimum absolute atomic E-state index is 0.0547. The number of hydrogen-bond donors (Lipinski definition) is 2. The second-order valence-electron chi connectivity index (χ2n) is 5.58. The largest absolute Gasteiger partial charge is 0.351 e. The second-order valence-corrected chi connectivity index (χ2v) is 6.56. The van der Waals surface area contributed by atoms with Gasteiger partial charge in [-0.3, -0.25) is 14.2 Å². The molecule has 0 saturated carbocycles. The van der Waals surface area contributed by atoms with E-state index in [4.69, 9.17) is 5.73 Å². The highest BCUT2D eigenvalue weighted by Crippen LogP contribution is 2.31. The highest BCUT2D eigenvalue weighted by atomic mass is 32.2. The van der Waals surface area contributed by atoms with Gasteiger partial charge in [-0.2, -0.15) is 0 Å². The van der Waals surface area contributed by atoms with E-state index in [-0.39, 0.29) is 30.0 Å². The third kappa shape index (κ3) is 2.68. The summed E-state index contributed by atoms with van der Waals surface area (Å²) in [4.78, 5) is 40.9. The average Bonchev–Trinajstić information content (AvgIpc) is 2.81. The number of primary amides is 1. The number of nitrogens with one attached hydrogen (secondary N) is 1. The van der Waals surface area contributed by atoms with Crippen molar-refractivity contribution in [3.05, 3.63) is 22.1 Å². The first-order valence-electron chi connectivity index (χ1n) is 7.00. The van der Waals surface area contributed by atoms with Crippen LogP contribution in [0.5, 0.6) is 0 Å². The molecule has 0 aliphatic carbocycles. The molecule has 2 aliphatic heterocycles. The van der Waals surface area contributed by atoms with Crippen molar-refractivity contribution in [3.63, 3.8) is 0 Å². The molecule has 1 aromatic rings. The zero-order chi connectivity index (χ0) is 15.9. The Morgan fingerprint density at radius 1 is 1.50 bits per heavy atom. The lowest BCUT2D eigenvalue weighted by Crippen LogP contribution is -2.62. The van der Waals surface area contributed by atoms with Crippen molar-refractivity contribution in [3.8, 4) is 0 Å². The number of thioether (sulfide) groups is 1. The Morgan fingerprint density at radius 3 is 2.91 bits per heavy atom. The summed E-state index contributed by atoms with van der Waals surface area (Å²) in [5.74, 6) is 0.540. The van der Waals surface area contributed by atoms with E-state index in [0.717, 1.165) is 0 Å². The standard InChI is InChI=1S/C13H17N5O3S/c1-7-3-15-13-18(11(7)20)9(6-22-13)2-10(19)16-8-4-17(5-8)12(14)21/h3,8-9H,2,4-6H2,1H3,(H2,14,21)(H,16,19). The Balaban J connectivity index is 1.60. The molecule has 1 aromatic heterocycles. The van der Waals surface area contributed by atoms with Gasteiger partial charge in [-0.05, 0) is 6.92 Å². The van der Waals surface area contributed by atoms with E-state index in [1.165, 1.54) is 16.7 Å². The maximum atomic E-state index is 12.2. The summed E-state index contributed by atoms with van der Waals surface area (Å²) < 4.78 is 1.61. The number of carbonyl (C=O) groups excluding carboxylic acids is 2. The van der Waals surface area contributed by atoms with Gasteiger partial charge in [0.05, 0.1) is 12.1 Å². The molecule has 9 heteroatoms. The molecule has 0 bridgehead atoms. The van der Waals surface area contributed by atoms with E-state index in [9.17, 15) is 14.4 Å². The van der Waals surface area contributed by atoms with Crippen LogP contribution in [0.15, 0.2) is 16.1 Å². The smallest absolute Gasteiger partial charge is 0.314 e. The monoisotopic (exact) mass is 323 g/mol. The molecule has 3 rings (SSSR count). The zero-order valence-corrected chi connectivity index (χ0v) is 12.9. The fourth-order valence-electron chi connectivity index (χ4n) is 2.62. The van der Waals surface area contributed by atoms with Crippen LogP contribution in [0.4, 0.5) is 4.79 Å². The van der Waals surface area contributed by atoms with Gasteiger partial charge in [-0.25, -0.2) is 9.78 Å². The van der Waals surface area contributed by atoms with Gasteiger partial charge in [0, 0.05) is 37.0 Å². The summed E-state index contributed by atoms with van der Waals surface area (Å²) in [6.45, 7) is 2.60. The molecule has 3 heterocycles. The zero-order valence-electron chi connectivity index (χ0n) is 12.1. The van der Waals surface area contributed by atoms with E-state index in [1.807, 2.05) is 0 Å². The minimum atomic E-state index is -0.472. The van der Waals surface area contributed by atoms with Gasteiger partial charge in [-0.15, -0.1) is 0 Å². The third-order valence-corrected chi connectivity index (χ3v) is 4.99. The van der Waals surface area contributed by atoms with E-state index in [0.29, 0.717) is 29.6 Å². The number of aromatic nitrogens is 2. The van der Waals surface area contributed by atoms with Crippen molar-refractivity contribution in [2.75, 3.05) is 18.8 Å². The summed E-state index contributed by atoms with van der Waals surface area (Å²) in [5, 5.41) is 3.52. The van der Waals surface area contributed by atoms with Crippen molar-refractivity contribution in [2.45, 2.75) is 30.6 Å². The van der Waals surface area contributed by atoms with E-state index >= 15 is 0 Å². The first kappa shape index (κ1) is 14.9. The van der Waals surface area contributed by atoms with Crippen LogP contribution in [-0.2, 0) is 4.79 Å². The van der Waals surface area contributed by atoms with Crippen molar-refractivity contribution in [1.29, 1.82) is 0 Å². The summed E-state index contributed by atoms with van der Waals surface area (Å²) in [6.07, 6.45) is 1.80. The summed E-state index contributed by atoms with van der Waals surface area (Å²) in [7, 11) is 0. The lowest BCUT2D eigenvalue weighted by atomic mass is 10.1. The molecule has 2 aliphatic rings. The van der Waals surface area contributed by atoms with Gasteiger partial charge >= 0.3 is 6.03 Å². The SMILES string of the molecule is Cc1cnc2n(c1=O)C(CC(=O)NC1CN(C(N)=O)C1)CS2. The Morgan fingerprint density at radius 2 is 2.23 bits per heavy atom. The molecule has 118 valence electrons. The lowest BCUT2D eigenvalue weighted by molar-refractivity contribution is -0.123. The van der Waals surface area contributed by atoms with Gasteiger partial charge in [0.15, 0.2) is 5.16 Å². The summed E-state index contributed by atoms with van der Waals surface area (Å²) >= 11 is 1.49. The van der Waals surface area contributed by atoms with Crippen molar-refractivity contribution < 1.29 is 9.59 Å². The van der Waals surface area contributed by atoms with Crippen LogP contribution in [0.1, 0.15) is 18.0 Å². The molecule has 22 heavy (non-hydrogen) atoms. The normalized spacial score (nSPS) is 20.4. The van der Waals surface area contributed by atoms with Gasteiger partial charge in [0.2, 0.25) is 5.91 Å². The minimum Gasteiger partial charge on any atom is -0.351 e. The van der Waals surface area contributed by atoms with Crippen LogP contribution in [0.3, 0.4) is 0 Å². The Hall–Kier alpha value is -2.03. The Bertz CT molecular complexity index is 683. The molecular formula is C13H17N5O3S. The number of likely N-dealkylation sites (tertiary alicyclic amines) is 1. The topological polar surface area (TPSA) is 110 Å². The fraction of sp³-hybridized carbons (Fsp3) is 0.538. The molecule has 1 saturated heterocycles. The quantitative estimate of drug-likeness (QED) is 0.726. The number of carbonyl (C=O) groups is 2. The number of amides is 3. The molecule has 1 unspecified atom stereocenters. The lowest BCUT2D eigenvalue weighted by Gasteiger charge is -2.38. The number of nitrogens with two attached hydrogens (primary N) is 1. The first-order chi connectivity index (χ1) is 10.5. The molecule has 3 N–H and O–H groups in total. The maximum absolute atomic E-state index is 12.2. The Kier molecular flexibility index (Phi) is 3.81. The molecule has 1 atom stereocenters. The molecule has 3 amide bonds. The molecule has 0 spiro atoms. The van der Waals surface area contributed by atoms with Crippen molar-refractivity contribution in [1.82, 2.24) is 19.8 Å². The summed E-state index contributed by atoms with van der Waals surface area (Å²) in [5.41, 5.74) is 5.62. The number of nitrogens with zero attached hydrogens (tertiary/aromatic N) is 3. The van der Waals surface area contributed by atoms with Crippen LogP contribution in [0.2, 0.25) is 0 Å². The number of fused-ring (bicyclic) bond motifs is 1. The maximum Gasteiger partial charge on any atom is 0.314 e. The average molecular weight is 323 g/mol. The van der Waals surface area contributed by atoms with Gasteiger partial charge in [-0.1, -0.05) is 11.8 Å². The second kappa shape index (κ2) is 5.64. The molecular weight excluding hydrogens is 306 g/mol. The predicted molar refractivity (Wildman–Crippen MR) is 80.7 cm³/mol. The fourth-order valence-corrected chi connectivity index (χ4v) is 3.73. The van der Waals surface area contributed by atoms with Crippen LogP contribution in [0.25, 0.3) is 0 Å². The highest BCUT2D eigenvalue weighted by Gasteiger charge is 2.32.